The molecule has 3 rings (SSSR count). The van der Waals surface area contributed by atoms with Crippen LogP contribution >= 0.6 is 0 Å². The minimum atomic E-state index is -0.738. The molecule has 0 aliphatic carbocycles. The Hall–Kier alpha value is -2.47. The maximum atomic E-state index is 13.3. The van der Waals surface area contributed by atoms with Crippen LogP contribution in [0.15, 0.2) is 36.4 Å². The normalized spacial score (nSPS) is 16.3. The third kappa shape index (κ3) is 3.49. The summed E-state index contributed by atoms with van der Waals surface area (Å²) in [4.78, 5) is 17.4. The summed E-state index contributed by atoms with van der Waals surface area (Å²) in [6, 6.07) is 9.62. The molecule has 25 heavy (non-hydrogen) atoms. The Kier molecular flexibility index (Phi) is 4.99. The van der Waals surface area contributed by atoms with Crippen LogP contribution in [0.5, 0.6) is 5.88 Å². The molecule has 0 saturated carbocycles. The second kappa shape index (κ2) is 7.19. The van der Waals surface area contributed by atoms with Gasteiger partial charge in [0.25, 0.3) is 0 Å². The van der Waals surface area contributed by atoms with Crippen molar-refractivity contribution in [3.8, 4) is 5.88 Å². The number of aryl methyl sites for hydroxylation is 1. The number of benzene rings is 1. The summed E-state index contributed by atoms with van der Waals surface area (Å²) in [6.45, 7) is 2.79. The second-order valence-corrected chi connectivity index (χ2v) is 6.14. The number of hydrogen-bond donors (Lipinski definition) is 1. The van der Waals surface area contributed by atoms with E-state index in [1.54, 1.807) is 31.4 Å². The van der Waals surface area contributed by atoms with Crippen molar-refractivity contribution in [3.63, 3.8) is 0 Å². The van der Waals surface area contributed by atoms with E-state index in [0.29, 0.717) is 43.3 Å². The van der Waals surface area contributed by atoms with Crippen LogP contribution in [0.4, 0.5) is 10.1 Å². The van der Waals surface area contributed by atoms with Crippen LogP contribution in [0.1, 0.15) is 24.1 Å². The van der Waals surface area contributed by atoms with Crippen molar-refractivity contribution < 1.29 is 18.7 Å². The van der Waals surface area contributed by atoms with Crippen LogP contribution in [-0.2, 0) is 14.9 Å². The Balaban J connectivity index is 1.91. The molecule has 0 radical (unpaired) electrons. The molecule has 0 unspecified atom stereocenters. The molecule has 132 valence electrons. The molecule has 1 amide bonds. The molecular weight excluding hydrogens is 323 g/mol. The molecule has 0 bridgehead atoms. The van der Waals surface area contributed by atoms with Gasteiger partial charge in [-0.15, -0.1) is 0 Å². The number of carbonyl (C=O) groups excluding carboxylic acids is 1. The van der Waals surface area contributed by atoms with Gasteiger partial charge < -0.3 is 14.8 Å². The van der Waals surface area contributed by atoms with Crippen molar-refractivity contribution in [1.82, 2.24) is 4.98 Å². The second-order valence-electron chi connectivity index (χ2n) is 6.14. The number of nitrogens with zero attached hydrogens (tertiary/aromatic N) is 1. The molecule has 1 aliphatic rings. The average Bonchev–Trinajstić information content (AvgIpc) is 2.64. The first-order valence-electron chi connectivity index (χ1n) is 8.22. The number of anilines is 1. The van der Waals surface area contributed by atoms with Gasteiger partial charge in [0, 0.05) is 19.3 Å². The van der Waals surface area contributed by atoms with Gasteiger partial charge in [0.2, 0.25) is 11.8 Å². The molecule has 6 heteroatoms. The summed E-state index contributed by atoms with van der Waals surface area (Å²) in [5.74, 6) is 0.0499. The molecule has 1 saturated heterocycles. The van der Waals surface area contributed by atoms with Crippen LogP contribution < -0.4 is 10.1 Å². The summed E-state index contributed by atoms with van der Waals surface area (Å²) < 4.78 is 23.8. The molecule has 1 fully saturated rings. The first-order chi connectivity index (χ1) is 12.0. The zero-order valence-corrected chi connectivity index (χ0v) is 14.3. The molecule has 0 atom stereocenters. The van der Waals surface area contributed by atoms with Gasteiger partial charge in [-0.2, -0.15) is 0 Å². The topological polar surface area (TPSA) is 60.5 Å². The van der Waals surface area contributed by atoms with E-state index >= 15 is 0 Å². The van der Waals surface area contributed by atoms with E-state index in [1.165, 1.54) is 12.1 Å². The van der Waals surface area contributed by atoms with E-state index < -0.39 is 5.41 Å². The first-order valence-corrected chi connectivity index (χ1v) is 8.22. The number of pyridine rings is 1. The van der Waals surface area contributed by atoms with Crippen LogP contribution in [0.2, 0.25) is 0 Å². The summed E-state index contributed by atoms with van der Waals surface area (Å²) in [6.07, 6.45) is 1.10. The van der Waals surface area contributed by atoms with E-state index in [9.17, 15) is 9.18 Å². The highest BCUT2D eigenvalue weighted by molar-refractivity contribution is 5.99. The minimum Gasteiger partial charge on any atom is -0.481 e. The Morgan fingerprint density at radius 3 is 2.48 bits per heavy atom. The summed E-state index contributed by atoms with van der Waals surface area (Å²) in [5.41, 5.74) is 1.37. The maximum Gasteiger partial charge on any atom is 0.235 e. The number of methoxy groups -OCH3 is 1. The minimum absolute atomic E-state index is 0.127. The Bertz CT molecular complexity index is 756. The molecule has 2 heterocycles. The van der Waals surface area contributed by atoms with Gasteiger partial charge in [-0.3, -0.25) is 4.79 Å². The number of carbonyl (C=O) groups is 1. The van der Waals surface area contributed by atoms with E-state index in [-0.39, 0.29) is 11.7 Å². The van der Waals surface area contributed by atoms with Crippen LogP contribution in [0.25, 0.3) is 0 Å². The number of rotatable bonds is 4. The predicted octanol–water partition coefficient (Wildman–Crippen LogP) is 3.22. The van der Waals surface area contributed by atoms with E-state index in [4.69, 9.17) is 9.47 Å². The van der Waals surface area contributed by atoms with E-state index in [2.05, 4.69) is 10.3 Å². The molecular formula is C19H21FN2O3. The lowest BCUT2D eigenvalue weighted by molar-refractivity contribution is -0.125. The van der Waals surface area contributed by atoms with E-state index in [1.807, 2.05) is 6.92 Å². The monoisotopic (exact) mass is 344 g/mol. The van der Waals surface area contributed by atoms with Crippen LogP contribution in [0.3, 0.4) is 0 Å². The summed E-state index contributed by atoms with van der Waals surface area (Å²) in [5, 5.41) is 2.98. The van der Waals surface area contributed by atoms with Crippen molar-refractivity contribution in [1.29, 1.82) is 0 Å². The van der Waals surface area contributed by atoms with Gasteiger partial charge in [0.15, 0.2) is 0 Å². The molecule has 2 aromatic rings. The van der Waals surface area contributed by atoms with Gasteiger partial charge >= 0.3 is 0 Å². The lowest BCUT2D eigenvalue weighted by Gasteiger charge is -2.36. The predicted molar refractivity (Wildman–Crippen MR) is 92.3 cm³/mol. The molecule has 1 aliphatic heterocycles. The summed E-state index contributed by atoms with van der Waals surface area (Å²) >= 11 is 0. The third-order valence-corrected chi connectivity index (χ3v) is 4.70. The maximum absolute atomic E-state index is 13.3. The number of nitrogens with one attached hydrogen (secondary N) is 1. The molecule has 5 nitrogen and oxygen atoms in total. The van der Waals surface area contributed by atoms with Crippen molar-refractivity contribution in [2.75, 3.05) is 25.6 Å². The molecule has 0 spiro atoms. The smallest absolute Gasteiger partial charge is 0.235 e. The quantitative estimate of drug-likeness (QED) is 0.925. The highest BCUT2D eigenvalue weighted by Crippen LogP contribution is 2.36. The number of aromatic nitrogens is 1. The van der Waals surface area contributed by atoms with Gasteiger partial charge in [0.05, 0.1) is 23.9 Å². The fourth-order valence-corrected chi connectivity index (χ4v) is 3.16. The number of ether oxygens (including phenoxy) is 2. The van der Waals surface area contributed by atoms with Crippen molar-refractivity contribution in [3.05, 3.63) is 53.5 Å². The average molecular weight is 344 g/mol. The van der Waals surface area contributed by atoms with Crippen molar-refractivity contribution >= 4 is 11.6 Å². The van der Waals surface area contributed by atoms with Gasteiger partial charge in [-0.1, -0.05) is 12.1 Å². The zero-order chi connectivity index (χ0) is 17.9. The standard InChI is InChI=1S/C19H21FN2O3/c1-13-16(7-8-17(21-13)24-2)22-18(23)19(9-11-25-12-10-19)14-3-5-15(20)6-4-14/h3-8H,9-12H2,1-2H3,(H,22,23). The lowest BCUT2D eigenvalue weighted by atomic mass is 9.73. The van der Waals surface area contributed by atoms with Gasteiger partial charge in [-0.05, 0) is 43.5 Å². The van der Waals surface area contributed by atoms with Crippen LogP contribution in [0, 0.1) is 12.7 Å². The fourth-order valence-electron chi connectivity index (χ4n) is 3.16. The number of amides is 1. The fraction of sp³-hybridized carbons (Fsp3) is 0.368. The lowest BCUT2D eigenvalue weighted by Crippen LogP contribution is -2.45. The van der Waals surface area contributed by atoms with Crippen molar-refractivity contribution in [2.45, 2.75) is 25.2 Å². The highest BCUT2D eigenvalue weighted by atomic mass is 19.1. The molecule has 1 N–H and O–H groups in total. The van der Waals surface area contributed by atoms with Crippen molar-refractivity contribution in [2.24, 2.45) is 0 Å². The molecule has 1 aromatic carbocycles. The Morgan fingerprint density at radius 1 is 1.20 bits per heavy atom. The molecule has 1 aromatic heterocycles. The Labute approximate surface area is 146 Å². The largest absolute Gasteiger partial charge is 0.481 e. The first kappa shape index (κ1) is 17.4. The van der Waals surface area contributed by atoms with Gasteiger partial charge in [-0.25, -0.2) is 9.37 Å². The van der Waals surface area contributed by atoms with Gasteiger partial charge in [0.1, 0.15) is 5.82 Å². The SMILES string of the molecule is COc1ccc(NC(=O)C2(c3ccc(F)cc3)CCOCC2)c(C)n1. The number of hydrogen-bond acceptors (Lipinski definition) is 4. The number of halogens is 1. The Morgan fingerprint density at radius 2 is 1.88 bits per heavy atom. The zero-order valence-electron chi connectivity index (χ0n) is 14.3. The van der Waals surface area contributed by atoms with E-state index in [0.717, 1.165) is 5.56 Å². The van der Waals surface area contributed by atoms with Crippen LogP contribution in [-0.4, -0.2) is 31.2 Å². The summed E-state index contributed by atoms with van der Waals surface area (Å²) in [7, 11) is 1.55. The highest BCUT2D eigenvalue weighted by Gasteiger charge is 2.41. The third-order valence-electron chi connectivity index (χ3n) is 4.70.